The van der Waals surface area contributed by atoms with Crippen LogP contribution >= 0.6 is 11.3 Å². The van der Waals surface area contributed by atoms with Crippen molar-refractivity contribution in [2.24, 2.45) is 0 Å². The van der Waals surface area contributed by atoms with E-state index in [0.717, 1.165) is 17.1 Å². The van der Waals surface area contributed by atoms with E-state index in [0.29, 0.717) is 0 Å². The Labute approximate surface area is 270 Å². The fourth-order valence-corrected chi connectivity index (χ4v) is 8.59. The molecule has 0 atom stereocenters. The number of para-hydroxylation sites is 1. The molecule has 0 aliphatic heterocycles. The van der Waals surface area contributed by atoms with Gasteiger partial charge in [-0.1, -0.05) is 120 Å². The number of hydrogen-bond acceptors (Lipinski definition) is 2. The summed E-state index contributed by atoms with van der Waals surface area (Å²) >= 11 is 1.94. The predicted octanol–water partition coefficient (Wildman–Crippen LogP) is 12.8. The largest absolute Gasteiger partial charge is 0.311 e. The minimum absolute atomic E-state index is 0.0112. The topological polar surface area (TPSA) is 3.24 Å². The van der Waals surface area contributed by atoms with Crippen molar-refractivity contribution >= 4 is 48.6 Å². The SMILES string of the molecule is CC(C)(C)c1ccc(N(c2ccccc2)c2ccc(-c3ccc4sc5c6c(ccc5c4c3)-c3ccccc3C6(C)C)cc2)cc1. The van der Waals surface area contributed by atoms with E-state index < -0.39 is 0 Å². The Morgan fingerprint density at radius 2 is 1.18 bits per heavy atom. The van der Waals surface area contributed by atoms with Crippen molar-refractivity contribution in [3.05, 3.63) is 150 Å². The monoisotopic (exact) mass is 599 g/mol. The summed E-state index contributed by atoms with van der Waals surface area (Å²) in [6.45, 7) is 11.5. The van der Waals surface area contributed by atoms with Gasteiger partial charge in [-0.3, -0.25) is 0 Å². The van der Waals surface area contributed by atoms with E-state index >= 15 is 0 Å². The molecule has 0 unspecified atom stereocenters. The van der Waals surface area contributed by atoms with Crippen molar-refractivity contribution in [3.8, 4) is 22.3 Å². The van der Waals surface area contributed by atoms with E-state index in [1.54, 1.807) is 0 Å². The first kappa shape index (κ1) is 27.9. The van der Waals surface area contributed by atoms with Crippen LogP contribution in [0.1, 0.15) is 51.3 Å². The Balaban J connectivity index is 1.18. The van der Waals surface area contributed by atoms with Gasteiger partial charge in [0.15, 0.2) is 0 Å². The van der Waals surface area contributed by atoms with Crippen LogP contribution in [0.15, 0.2) is 133 Å². The molecular weight excluding hydrogens is 563 g/mol. The summed E-state index contributed by atoms with van der Waals surface area (Å²) in [7, 11) is 0. The Kier molecular flexibility index (Phi) is 6.31. The first-order valence-electron chi connectivity index (χ1n) is 15.9. The molecule has 45 heavy (non-hydrogen) atoms. The number of rotatable bonds is 4. The van der Waals surface area contributed by atoms with Crippen LogP contribution < -0.4 is 4.90 Å². The van der Waals surface area contributed by atoms with Gasteiger partial charge in [0.2, 0.25) is 0 Å². The van der Waals surface area contributed by atoms with Gasteiger partial charge in [0.05, 0.1) is 0 Å². The van der Waals surface area contributed by atoms with Gasteiger partial charge in [-0.05, 0) is 92.9 Å². The number of fused-ring (bicyclic) bond motifs is 7. The van der Waals surface area contributed by atoms with Gasteiger partial charge in [0.25, 0.3) is 0 Å². The molecule has 0 amide bonds. The van der Waals surface area contributed by atoms with Crippen LogP contribution in [0.2, 0.25) is 0 Å². The number of benzene rings is 6. The first-order chi connectivity index (χ1) is 21.7. The zero-order chi connectivity index (χ0) is 30.9. The second kappa shape index (κ2) is 10.2. The van der Waals surface area contributed by atoms with E-state index in [-0.39, 0.29) is 10.8 Å². The summed E-state index contributed by atoms with van der Waals surface area (Å²) in [5, 5.41) is 2.71. The lowest BCUT2D eigenvalue weighted by atomic mass is 9.82. The highest BCUT2D eigenvalue weighted by Crippen LogP contribution is 2.54. The molecule has 7 aromatic rings. The van der Waals surface area contributed by atoms with Crippen LogP contribution in [0, 0.1) is 0 Å². The average molecular weight is 600 g/mol. The van der Waals surface area contributed by atoms with Gasteiger partial charge in [-0.15, -0.1) is 11.3 Å². The minimum atomic E-state index is -0.0112. The Hall–Kier alpha value is -4.66. The molecule has 0 spiro atoms. The summed E-state index contributed by atoms with van der Waals surface area (Å²) in [4.78, 5) is 2.34. The second-order valence-corrected chi connectivity index (χ2v) is 14.9. The lowest BCUT2D eigenvalue weighted by Gasteiger charge is -2.27. The van der Waals surface area contributed by atoms with Crippen molar-refractivity contribution in [1.82, 2.24) is 0 Å². The minimum Gasteiger partial charge on any atom is -0.311 e. The second-order valence-electron chi connectivity index (χ2n) is 13.9. The molecule has 0 saturated heterocycles. The van der Waals surface area contributed by atoms with E-state index in [4.69, 9.17) is 0 Å². The maximum absolute atomic E-state index is 2.39. The maximum Gasteiger partial charge on any atom is 0.0462 e. The molecule has 0 N–H and O–H groups in total. The summed E-state index contributed by atoms with van der Waals surface area (Å²) in [6.07, 6.45) is 0. The summed E-state index contributed by atoms with van der Waals surface area (Å²) in [5.41, 5.74) is 13.1. The molecule has 0 saturated carbocycles. The smallest absolute Gasteiger partial charge is 0.0462 e. The third-order valence-electron chi connectivity index (χ3n) is 9.62. The van der Waals surface area contributed by atoms with Crippen LogP contribution in [0.4, 0.5) is 17.1 Å². The van der Waals surface area contributed by atoms with E-state index in [9.17, 15) is 0 Å². The van der Waals surface area contributed by atoms with Gasteiger partial charge in [0, 0.05) is 42.6 Å². The van der Waals surface area contributed by atoms with Crippen molar-refractivity contribution in [2.45, 2.75) is 45.4 Å². The quantitative estimate of drug-likeness (QED) is 0.194. The van der Waals surface area contributed by atoms with Crippen LogP contribution in [0.5, 0.6) is 0 Å². The summed E-state index contributed by atoms with van der Waals surface area (Å²) < 4.78 is 2.77. The lowest BCUT2D eigenvalue weighted by molar-refractivity contribution is 0.590. The van der Waals surface area contributed by atoms with Gasteiger partial charge in [-0.2, -0.15) is 0 Å². The number of nitrogens with zero attached hydrogens (tertiary/aromatic N) is 1. The van der Waals surface area contributed by atoms with E-state index in [2.05, 4.69) is 173 Å². The Bertz CT molecular complexity index is 2190. The molecule has 8 rings (SSSR count). The van der Waals surface area contributed by atoms with Gasteiger partial charge in [0.1, 0.15) is 0 Å². The lowest BCUT2D eigenvalue weighted by Crippen LogP contribution is -2.14. The molecule has 1 aromatic heterocycles. The molecular formula is C43H37NS. The molecule has 0 radical (unpaired) electrons. The van der Waals surface area contributed by atoms with E-state index in [1.165, 1.54) is 59.1 Å². The molecule has 1 aliphatic rings. The van der Waals surface area contributed by atoms with Crippen LogP contribution in [0.25, 0.3) is 42.4 Å². The number of thiophene rings is 1. The fourth-order valence-electron chi connectivity index (χ4n) is 7.20. The molecule has 1 nitrogen and oxygen atoms in total. The average Bonchev–Trinajstić information content (AvgIpc) is 3.53. The van der Waals surface area contributed by atoms with Crippen molar-refractivity contribution in [3.63, 3.8) is 0 Å². The molecule has 0 bridgehead atoms. The van der Waals surface area contributed by atoms with Gasteiger partial charge in [-0.25, -0.2) is 0 Å². The van der Waals surface area contributed by atoms with Crippen molar-refractivity contribution in [1.29, 1.82) is 0 Å². The zero-order valence-electron chi connectivity index (χ0n) is 26.6. The summed E-state index contributed by atoms with van der Waals surface area (Å²) in [6, 6.07) is 49.3. The number of anilines is 3. The van der Waals surface area contributed by atoms with Crippen LogP contribution in [0.3, 0.4) is 0 Å². The van der Waals surface area contributed by atoms with Crippen molar-refractivity contribution < 1.29 is 0 Å². The van der Waals surface area contributed by atoms with Gasteiger partial charge < -0.3 is 4.90 Å². The van der Waals surface area contributed by atoms with E-state index in [1.807, 2.05) is 11.3 Å². The fraction of sp³-hybridized carbons (Fsp3) is 0.163. The highest BCUT2D eigenvalue weighted by molar-refractivity contribution is 7.26. The van der Waals surface area contributed by atoms with Crippen LogP contribution in [-0.2, 0) is 10.8 Å². The molecule has 1 aliphatic carbocycles. The Morgan fingerprint density at radius 1 is 0.556 bits per heavy atom. The molecule has 6 aromatic carbocycles. The van der Waals surface area contributed by atoms with Gasteiger partial charge >= 0.3 is 0 Å². The highest BCUT2D eigenvalue weighted by atomic mass is 32.1. The Morgan fingerprint density at radius 3 is 1.89 bits per heavy atom. The predicted molar refractivity (Wildman–Crippen MR) is 196 cm³/mol. The molecule has 0 fully saturated rings. The molecule has 2 heteroatoms. The highest BCUT2D eigenvalue weighted by Gasteiger charge is 2.37. The van der Waals surface area contributed by atoms with Crippen molar-refractivity contribution in [2.75, 3.05) is 4.90 Å². The normalized spacial score (nSPS) is 13.6. The number of hydrogen-bond donors (Lipinski definition) is 0. The summed E-state index contributed by atoms with van der Waals surface area (Å²) in [5.74, 6) is 0. The third-order valence-corrected chi connectivity index (χ3v) is 10.8. The molecule has 1 heterocycles. The standard InChI is InChI=1S/C43H37NS/c1-42(2,3)30-18-22-33(23-19-30)44(31-11-7-6-8-12-31)32-20-15-28(16-21-32)29-17-26-39-37(27-29)36-25-24-35-34-13-9-10-14-38(34)43(4,5)40(35)41(36)45-39/h6-27H,1-5H3. The third kappa shape index (κ3) is 4.51. The maximum atomic E-state index is 2.39. The molecule has 220 valence electrons. The van der Waals surface area contributed by atoms with Crippen LogP contribution in [-0.4, -0.2) is 0 Å². The zero-order valence-corrected chi connectivity index (χ0v) is 27.4. The first-order valence-corrected chi connectivity index (χ1v) is 16.7.